The second-order valence-corrected chi connectivity index (χ2v) is 6.58. The highest BCUT2D eigenvalue weighted by Crippen LogP contribution is 2.29. The third-order valence-electron chi connectivity index (χ3n) is 4.67. The number of amides is 1. The molecule has 1 saturated carbocycles. The van der Waals surface area contributed by atoms with Crippen LogP contribution in [0.5, 0.6) is 11.5 Å². The summed E-state index contributed by atoms with van der Waals surface area (Å²) >= 11 is 0. The standard InChI is InChI=1S/C21H28N2O3/c1-4-25-19-11-10-16(13-20(19)26-5-2)12-17(14-22)21(24)23-18-9-7-6-8-15(18)3/h10-13,15,18H,4-9H2,1-3H3,(H,23,24)/b17-12+/t15-,18-/m0/s1. The maximum atomic E-state index is 12.5. The summed E-state index contributed by atoms with van der Waals surface area (Å²) < 4.78 is 11.1. The molecule has 0 heterocycles. The van der Waals surface area contributed by atoms with E-state index in [9.17, 15) is 10.1 Å². The van der Waals surface area contributed by atoms with Gasteiger partial charge in [0.2, 0.25) is 0 Å². The van der Waals surface area contributed by atoms with Crippen LogP contribution in [-0.4, -0.2) is 25.2 Å². The summed E-state index contributed by atoms with van der Waals surface area (Å²) in [5.74, 6) is 1.41. The Kier molecular flexibility index (Phi) is 7.53. The minimum atomic E-state index is -0.307. The molecule has 1 fully saturated rings. The quantitative estimate of drug-likeness (QED) is 0.590. The number of benzene rings is 1. The van der Waals surface area contributed by atoms with Gasteiger partial charge in [0.15, 0.2) is 11.5 Å². The predicted molar refractivity (Wildman–Crippen MR) is 102 cm³/mol. The van der Waals surface area contributed by atoms with Gasteiger partial charge in [0.1, 0.15) is 11.6 Å². The molecular formula is C21H28N2O3. The lowest BCUT2D eigenvalue weighted by Gasteiger charge is -2.29. The zero-order valence-electron chi connectivity index (χ0n) is 15.9. The first kappa shape index (κ1) is 19.8. The van der Waals surface area contributed by atoms with E-state index in [0.717, 1.165) is 24.8 Å². The van der Waals surface area contributed by atoms with Crippen LogP contribution in [0, 0.1) is 17.2 Å². The molecule has 1 N–H and O–H groups in total. The molecule has 26 heavy (non-hydrogen) atoms. The van der Waals surface area contributed by atoms with Gasteiger partial charge in [-0.15, -0.1) is 0 Å². The van der Waals surface area contributed by atoms with E-state index in [-0.39, 0.29) is 17.5 Å². The molecule has 0 unspecified atom stereocenters. The Morgan fingerprint density at radius 1 is 1.23 bits per heavy atom. The van der Waals surface area contributed by atoms with Crippen molar-refractivity contribution >= 4 is 12.0 Å². The average molecular weight is 356 g/mol. The van der Waals surface area contributed by atoms with Gasteiger partial charge in [0.05, 0.1) is 13.2 Å². The summed E-state index contributed by atoms with van der Waals surface area (Å²) in [6.07, 6.45) is 6.02. The van der Waals surface area contributed by atoms with Crippen molar-refractivity contribution in [3.63, 3.8) is 0 Å². The number of nitriles is 1. The zero-order chi connectivity index (χ0) is 18.9. The number of hydrogen-bond acceptors (Lipinski definition) is 4. The van der Waals surface area contributed by atoms with Crippen molar-refractivity contribution in [2.75, 3.05) is 13.2 Å². The normalized spacial score (nSPS) is 20.2. The Labute approximate surface area is 156 Å². The summed E-state index contributed by atoms with van der Waals surface area (Å²) in [5.41, 5.74) is 0.842. The first-order valence-electron chi connectivity index (χ1n) is 9.41. The molecule has 5 heteroatoms. The fourth-order valence-electron chi connectivity index (χ4n) is 3.25. The highest BCUT2D eigenvalue weighted by molar-refractivity contribution is 6.01. The molecule has 0 saturated heterocycles. The van der Waals surface area contributed by atoms with Crippen molar-refractivity contribution in [3.8, 4) is 17.6 Å². The first-order chi connectivity index (χ1) is 12.6. The van der Waals surface area contributed by atoms with Crippen LogP contribution in [0.4, 0.5) is 0 Å². The van der Waals surface area contributed by atoms with Crippen molar-refractivity contribution in [3.05, 3.63) is 29.3 Å². The van der Waals surface area contributed by atoms with Gasteiger partial charge in [0.25, 0.3) is 5.91 Å². The van der Waals surface area contributed by atoms with Gasteiger partial charge in [-0.2, -0.15) is 5.26 Å². The summed E-state index contributed by atoms with van der Waals surface area (Å²) in [6, 6.07) is 7.59. The monoisotopic (exact) mass is 356 g/mol. The van der Waals surface area contributed by atoms with Gasteiger partial charge in [-0.1, -0.05) is 25.8 Å². The maximum Gasteiger partial charge on any atom is 0.262 e. The van der Waals surface area contributed by atoms with Crippen molar-refractivity contribution in [2.45, 2.75) is 52.5 Å². The third kappa shape index (κ3) is 5.26. The van der Waals surface area contributed by atoms with Crippen LogP contribution in [0.15, 0.2) is 23.8 Å². The number of ether oxygens (including phenoxy) is 2. The van der Waals surface area contributed by atoms with Crippen LogP contribution >= 0.6 is 0 Å². The Morgan fingerprint density at radius 2 is 1.92 bits per heavy atom. The molecule has 1 aliphatic rings. The highest BCUT2D eigenvalue weighted by atomic mass is 16.5. The maximum absolute atomic E-state index is 12.5. The SMILES string of the molecule is CCOc1ccc(/C=C(\C#N)C(=O)N[C@H]2CCCC[C@@H]2C)cc1OCC. The summed E-state index contributed by atoms with van der Waals surface area (Å²) in [5, 5.41) is 12.5. The Hall–Kier alpha value is -2.48. The van der Waals surface area contributed by atoms with Crippen molar-refractivity contribution in [1.82, 2.24) is 5.32 Å². The Morgan fingerprint density at radius 3 is 2.58 bits per heavy atom. The van der Waals surface area contributed by atoms with Gasteiger partial charge in [-0.05, 0) is 56.4 Å². The lowest BCUT2D eigenvalue weighted by atomic mass is 9.86. The molecule has 2 atom stereocenters. The van der Waals surface area contributed by atoms with E-state index in [1.807, 2.05) is 26.0 Å². The molecule has 0 radical (unpaired) electrons. The molecule has 140 valence electrons. The molecule has 0 spiro atoms. The first-order valence-corrected chi connectivity index (χ1v) is 9.41. The van der Waals surface area contributed by atoms with E-state index in [2.05, 4.69) is 12.2 Å². The lowest BCUT2D eigenvalue weighted by Crippen LogP contribution is -2.41. The molecular weight excluding hydrogens is 328 g/mol. The van der Waals surface area contributed by atoms with Crippen LogP contribution in [-0.2, 0) is 4.79 Å². The molecule has 2 rings (SSSR count). The molecule has 0 aromatic heterocycles. The fourth-order valence-corrected chi connectivity index (χ4v) is 3.25. The van der Waals surface area contributed by atoms with Crippen molar-refractivity contribution < 1.29 is 14.3 Å². The van der Waals surface area contributed by atoms with Gasteiger partial charge in [0, 0.05) is 6.04 Å². The molecule has 1 aromatic rings. The van der Waals surface area contributed by atoms with Crippen LogP contribution in [0.25, 0.3) is 6.08 Å². The molecule has 0 aliphatic heterocycles. The second kappa shape index (κ2) is 9.86. The second-order valence-electron chi connectivity index (χ2n) is 6.58. The number of carbonyl (C=O) groups excluding carboxylic acids is 1. The number of carbonyl (C=O) groups is 1. The Balaban J connectivity index is 2.17. The largest absolute Gasteiger partial charge is 0.490 e. The van der Waals surface area contributed by atoms with Crippen LogP contribution < -0.4 is 14.8 Å². The number of nitrogens with one attached hydrogen (secondary N) is 1. The van der Waals surface area contributed by atoms with Crippen LogP contribution in [0.2, 0.25) is 0 Å². The van der Waals surface area contributed by atoms with E-state index >= 15 is 0 Å². The zero-order valence-corrected chi connectivity index (χ0v) is 15.9. The van der Waals surface area contributed by atoms with Gasteiger partial charge in [-0.3, -0.25) is 4.79 Å². The topological polar surface area (TPSA) is 71.3 Å². The van der Waals surface area contributed by atoms with E-state index in [1.54, 1.807) is 18.2 Å². The molecule has 1 aromatic carbocycles. The Bertz CT molecular complexity index is 691. The number of nitrogens with zero attached hydrogens (tertiary/aromatic N) is 1. The molecule has 1 aliphatic carbocycles. The van der Waals surface area contributed by atoms with Gasteiger partial charge in [-0.25, -0.2) is 0 Å². The molecule has 1 amide bonds. The lowest BCUT2D eigenvalue weighted by molar-refractivity contribution is -0.118. The minimum Gasteiger partial charge on any atom is -0.490 e. The van der Waals surface area contributed by atoms with E-state index in [0.29, 0.717) is 30.6 Å². The molecule has 0 bridgehead atoms. The number of rotatable bonds is 7. The van der Waals surface area contributed by atoms with E-state index < -0.39 is 0 Å². The van der Waals surface area contributed by atoms with Gasteiger partial charge < -0.3 is 14.8 Å². The molecule has 5 nitrogen and oxygen atoms in total. The van der Waals surface area contributed by atoms with Crippen molar-refractivity contribution in [2.24, 2.45) is 5.92 Å². The predicted octanol–water partition coefficient (Wildman–Crippen LogP) is 4.09. The highest BCUT2D eigenvalue weighted by Gasteiger charge is 2.24. The van der Waals surface area contributed by atoms with E-state index in [1.165, 1.54) is 6.42 Å². The van der Waals surface area contributed by atoms with Crippen LogP contribution in [0.1, 0.15) is 52.0 Å². The number of hydrogen-bond donors (Lipinski definition) is 1. The smallest absolute Gasteiger partial charge is 0.262 e. The van der Waals surface area contributed by atoms with Crippen molar-refractivity contribution in [1.29, 1.82) is 5.26 Å². The fraction of sp³-hybridized carbons (Fsp3) is 0.524. The summed E-state index contributed by atoms with van der Waals surface area (Å²) in [6.45, 7) is 7.02. The summed E-state index contributed by atoms with van der Waals surface area (Å²) in [4.78, 5) is 12.5. The van der Waals surface area contributed by atoms with Crippen LogP contribution in [0.3, 0.4) is 0 Å². The summed E-state index contributed by atoms with van der Waals surface area (Å²) in [7, 11) is 0. The minimum absolute atomic E-state index is 0.106. The van der Waals surface area contributed by atoms with Gasteiger partial charge >= 0.3 is 0 Å². The van der Waals surface area contributed by atoms with E-state index in [4.69, 9.17) is 9.47 Å². The third-order valence-corrected chi connectivity index (χ3v) is 4.67. The average Bonchev–Trinajstić information content (AvgIpc) is 2.64.